The fourth-order valence-electron chi connectivity index (χ4n) is 3.73. The van der Waals surface area contributed by atoms with E-state index in [1.807, 2.05) is 77.7 Å². The minimum Gasteiger partial charge on any atom is -0.497 e. The highest BCUT2D eigenvalue weighted by molar-refractivity contribution is 6.30. The van der Waals surface area contributed by atoms with Gasteiger partial charge in [0, 0.05) is 34.6 Å². The van der Waals surface area contributed by atoms with E-state index in [9.17, 15) is 4.79 Å². The van der Waals surface area contributed by atoms with Gasteiger partial charge >= 0.3 is 0 Å². The minimum absolute atomic E-state index is 0.0605. The first kappa shape index (κ1) is 24.0. The van der Waals surface area contributed by atoms with Crippen molar-refractivity contribution in [3.05, 3.63) is 94.0 Å². The Balaban J connectivity index is 0.000000352. The number of likely N-dealkylation sites (tertiary alicyclic amines) is 1. The van der Waals surface area contributed by atoms with E-state index in [0.717, 1.165) is 40.5 Å². The second-order valence-corrected chi connectivity index (χ2v) is 8.33. The molecule has 6 heteroatoms. The van der Waals surface area contributed by atoms with Gasteiger partial charge in [0.2, 0.25) is 5.91 Å². The molecule has 0 aromatic heterocycles. The number of nitrogens with zero attached hydrogens (tertiary/aromatic N) is 1. The van der Waals surface area contributed by atoms with Crippen molar-refractivity contribution in [2.24, 2.45) is 0 Å². The van der Waals surface area contributed by atoms with Gasteiger partial charge < -0.3 is 14.4 Å². The minimum atomic E-state index is 0.0605. The molecule has 4 rings (SSSR count). The van der Waals surface area contributed by atoms with Crippen LogP contribution in [0.25, 0.3) is 0 Å². The van der Waals surface area contributed by atoms with Crippen LogP contribution in [-0.4, -0.2) is 25.0 Å². The number of amides is 1. The van der Waals surface area contributed by atoms with Crippen molar-refractivity contribution < 1.29 is 14.3 Å². The molecule has 1 amide bonds. The van der Waals surface area contributed by atoms with Crippen LogP contribution in [0.4, 0.5) is 0 Å². The maximum Gasteiger partial charge on any atom is 0.223 e. The second kappa shape index (κ2) is 11.8. The predicted molar refractivity (Wildman–Crippen MR) is 130 cm³/mol. The van der Waals surface area contributed by atoms with E-state index < -0.39 is 0 Å². The number of hydrogen-bond acceptors (Lipinski definition) is 3. The van der Waals surface area contributed by atoms with E-state index in [-0.39, 0.29) is 11.9 Å². The Morgan fingerprint density at radius 1 is 0.906 bits per heavy atom. The molecule has 0 saturated carbocycles. The number of benzene rings is 3. The first-order valence-corrected chi connectivity index (χ1v) is 11.2. The zero-order valence-corrected chi connectivity index (χ0v) is 19.8. The predicted octanol–water partition coefficient (Wildman–Crippen LogP) is 6.95. The monoisotopic (exact) mass is 471 g/mol. The zero-order chi connectivity index (χ0) is 22.9. The number of rotatable bonds is 5. The number of ether oxygens (including phenoxy) is 2. The summed E-state index contributed by atoms with van der Waals surface area (Å²) in [5.74, 6) is 1.64. The molecule has 0 bridgehead atoms. The van der Waals surface area contributed by atoms with Gasteiger partial charge in [-0.2, -0.15) is 0 Å². The highest BCUT2D eigenvalue weighted by Crippen LogP contribution is 2.35. The first-order valence-electron chi connectivity index (χ1n) is 10.5. The van der Waals surface area contributed by atoms with Crippen LogP contribution < -0.4 is 9.47 Å². The van der Waals surface area contributed by atoms with Crippen molar-refractivity contribution in [3.8, 4) is 11.5 Å². The van der Waals surface area contributed by atoms with Crippen LogP contribution in [0.15, 0.2) is 72.8 Å². The molecule has 0 aliphatic carbocycles. The Bertz CT molecular complexity index is 1010. The number of methoxy groups -OCH3 is 2. The van der Waals surface area contributed by atoms with Crippen LogP contribution in [0.2, 0.25) is 10.0 Å². The van der Waals surface area contributed by atoms with Crippen molar-refractivity contribution in [2.45, 2.75) is 31.8 Å². The van der Waals surface area contributed by atoms with Gasteiger partial charge in [-0.25, -0.2) is 0 Å². The second-order valence-electron chi connectivity index (χ2n) is 7.45. The molecule has 32 heavy (non-hydrogen) atoms. The number of halogens is 2. The quantitative estimate of drug-likeness (QED) is 0.403. The number of piperidine rings is 1. The molecule has 0 N–H and O–H groups in total. The molecule has 1 aliphatic rings. The van der Waals surface area contributed by atoms with Gasteiger partial charge in [0.25, 0.3) is 0 Å². The van der Waals surface area contributed by atoms with Crippen LogP contribution in [0.3, 0.4) is 0 Å². The highest BCUT2D eigenvalue weighted by Gasteiger charge is 2.29. The zero-order valence-electron chi connectivity index (χ0n) is 18.3. The third-order valence-corrected chi connectivity index (χ3v) is 5.89. The van der Waals surface area contributed by atoms with E-state index in [1.165, 1.54) is 0 Å². The molecule has 3 aromatic carbocycles. The summed E-state index contributed by atoms with van der Waals surface area (Å²) in [6.45, 7) is 0.513. The van der Waals surface area contributed by atoms with E-state index in [4.69, 9.17) is 32.7 Å². The summed E-state index contributed by atoms with van der Waals surface area (Å²) in [6.07, 6.45) is 2.44. The largest absolute Gasteiger partial charge is 0.497 e. The maximum absolute atomic E-state index is 12.6. The number of carbonyl (C=O) groups excluding carboxylic acids is 1. The Morgan fingerprint density at radius 2 is 1.59 bits per heavy atom. The molecule has 1 atom stereocenters. The van der Waals surface area contributed by atoms with Gasteiger partial charge in [0.05, 0.1) is 20.3 Å². The molecule has 3 aromatic rings. The third-order valence-electron chi connectivity index (χ3n) is 5.39. The van der Waals surface area contributed by atoms with Gasteiger partial charge in [0.1, 0.15) is 11.5 Å². The third kappa shape index (κ3) is 6.41. The van der Waals surface area contributed by atoms with Crippen molar-refractivity contribution in [2.75, 3.05) is 14.2 Å². The molecule has 0 spiro atoms. The molecule has 4 nitrogen and oxygen atoms in total. The maximum atomic E-state index is 12.6. The summed E-state index contributed by atoms with van der Waals surface area (Å²) in [5, 5.41) is 1.50. The fourth-order valence-corrected chi connectivity index (χ4v) is 4.00. The Hall–Kier alpha value is -2.69. The Kier molecular flexibility index (Phi) is 8.83. The molecular weight excluding hydrogens is 445 g/mol. The lowest BCUT2D eigenvalue weighted by Crippen LogP contribution is -2.37. The lowest BCUT2D eigenvalue weighted by atomic mass is 9.94. The lowest BCUT2D eigenvalue weighted by molar-refractivity contribution is -0.137. The summed E-state index contributed by atoms with van der Waals surface area (Å²) < 4.78 is 10.7. The van der Waals surface area contributed by atoms with E-state index in [2.05, 4.69) is 0 Å². The number of carbonyl (C=O) groups is 1. The van der Waals surface area contributed by atoms with Crippen LogP contribution >= 0.6 is 23.2 Å². The van der Waals surface area contributed by atoms with Crippen molar-refractivity contribution >= 4 is 29.1 Å². The van der Waals surface area contributed by atoms with Crippen molar-refractivity contribution in [3.63, 3.8) is 0 Å². The normalized spacial score (nSPS) is 15.6. The molecule has 1 fully saturated rings. The average Bonchev–Trinajstić information content (AvgIpc) is 2.82. The summed E-state index contributed by atoms with van der Waals surface area (Å²) in [5.41, 5.74) is 2.09. The van der Waals surface area contributed by atoms with Gasteiger partial charge in [-0.05, 0) is 54.8 Å². The summed E-state index contributed by atoms with van der Waals surface area (Å²) in [4.78, 5) is 14.5. The summed E-state index contributed by atoms with van der Waals surface area (Å²) >= 11 is 11.5. The molecule has 1 heterocycles. The highest BCUT2D eigenvalue weighted by atomic mass is 35.5. The van der Waals surface area contributed by atoms with Gasteiger partial charge in [-0.3, -0.25) is 4.79 Å². The topological polar surface area (TPSA) is 38.8 Å². The lowest BCUT2D eigenvalue weighted by Gasteiger charge is -2.36. The van der Waals surface area contributed by atoms with E-state index in [0.29, 0.717) is 18.0 Å². The summed E-state index contributed by atoms with van der Waals surface area (Å²) in [7, 11) is 3.26. The molecule has 1 unspecified atom stereocenters. The van der Waals surface area contributed by atoms with Crippen LogP contribution in [0.5, 0.6) is 11.5 Å². The molecule has 0 radical (unpaired) electrons. The smallest absolute Gasteiger partial charge is 0.223 e. The van der Waals surface area contributed by atoms with Crippen LogP contribution in [0, 0.1) is 0 Å². The van der Waals surface area contributed by atoms with E-state index >= 15 is 0 Å². The molecule has 1 aliphatic heterocycles. The van der Waals surface area contributed by atoms with Gasteiger partial charge in [0.15, 0.2) is 0 Å². The van der Waals surface area contributed by atoms with Gasteiger partial charge in [-0.15, -0.1) is 0 Å². The molecular formula is C26H27Cl2NO3. The average molecular weight is 472 g/mol. The van der Waals surface area contributed by atoms with Crippen molar-refractivity contribution in [1.29, 1.82) is 0 Å². The van der Waals surface area contributed by atoms with Gasteiger partial charge in [-0.1, -0.05) is 53.5 Å². The van der Waals surface area contributed by atoms with Crippen molar-refractivity contribution in [1.82, 2.24) is 4.90 Å². The SMILES string of the molecule is COc1ccc(CN2C(=O)CCCC2c2ccc(Cl)cc2)c(OC)c1.Clc1ccccc1. The van der Waals surface area contributed by atoms with Crippen LogP contribution in [-0.2, 0) is 11.3 Å². The number of hydrogen-bond donors (Lipinski definition) is 0. The fraction of sp³-hybridized carbons (Fsp3) is 0.269. The summed E-state index contributed by atoms with van der Waals surface area (Å²) in [6, 6.07) is 23.0. The van der Waals surface area contributed by atoms with Crippen LogP contribution in [0.1, 0.15) is 36.4 Å². The van der Waals surface area contributed by atoms with E-state index in [1.54, 1.807) is 14.2 Å². The Labute approximate surface area is 199 Å². The molecule has 168 valence electrons. The first-order chi connectivity index (χ1) is 15.5. The molecule has 1 saturated heterocycles. The Morgan fingerprint density at radius 3 is 2.19 bits per heavy atom. The standard InChI is InChI=1S/C20H22ClNO3.C6H5Cl/c1-24-17-11-8-15(19(12-17)25-2)13-22-18(4-3-5-20(22)23)14-6-9-16(21)10-7-14;7-6-4-2-1-3-5-6/h6-12,18H,3-5,13H2,1-2H3;1-5H.